The van der Waals surface area contributed by atoms with E-state index in [1.165, 1.54) is 4.90 Å². The highest BCUT2D eigenvalue weighted by molar-refractivity contribution is 7.92. The van der Waals surface area contributed by atoms with E-state index in [1.54, 1.807) is 0 Å². The maximum Gasteiger partial charge on any atom is 0.249 e. The van der Waals surface area contributed by atoms with E-state index >= 15 is 0 Å². The molecule has 0 amide bonds. The zero-order valence-corrected chi connectivity index (χ0v) is 8.68. The third kappa shape index (κ3) is 1.30. The normalized spacial score (nSPS) is 35.1. The van der Waals surface area contributed by atoms with Gasteiger partial charge in [0, 0.05) is 25.4 Å². The van der Waals surface area contributed by atoms with Crippen LogP contribution >= 0.6 is 0 Å². The fraction of sp³-hybridized carbons (Fsp3) is 0.778. The number of nitrogens with zero attached hydrogens (tertiary/aromatic N) is 1. The molecule has 14 heavy (non-hydrogen) atoms. The molecular weight excluding hydrogens is 202 g/mol. The number of sulfone groups is 1. The fourth-order valence-corrected chi connectivity index (χ4v) is 3.69. The fourth-order valence-electron chi connectivity index (χ4n) is 1.91. The van der Waals surface area contributed by atoms with Crippen LogP contribution < -0.4 is 0 Å². The molecule has 0 aliphatic carbocycles. The summed E-state index contributed by atoms with van der Waals surface area (Å²) >= 11 is 0. The van der Waals surface area contributed by atoms with Crippen LogP contribution in [0.3, 0.4) is 0 Å². The second-order valence-electron chi connectivity index (χ2n) is 3.71. The standard InChI is InChI=1S/C9H13NO3S/c11-9(5-4-8-14(9,12)13)10-6-2-1-3-7-10/h11H,1-2,4-6,8H2. The monoisotopic (exact) mass is 215 g/mol. The van der Waals surface area contributed by atoms with Crippen LogP contribution in [0.4, 0.5) is 0 Å². The zero-order chi connectivity index (χ0) is 10.2. The average molecular weight is 215 g/mol. The second-order valence-corrected chi connectivity index (χ2v) is 6.00. The molecule has 2 heterocycles. The van der Waals surface area contributed by atoms with E-state index in [9.17, 15) is 13.5 Å². The van der Waals surface area contributed by atoms with E-state index in [0.29, 0.717) is 13.0 Å². The number of aliphatic hydroxyl groups is 1. The molecule has 1 fully saturated rings. The molecule has 1 unspecified atom stereocenters. The van der Waals surface area contributed by atoms with Gasteiger partial charge in [0.2, 0.25) is 5.06 Å². The van der Waals surface area contributed by atoms with Crippen molar-refractivity contribution in [2.75, 3.05) is 12.3 Å². The smallest absolute Gasteiger partial charge is 0.249 e. The minimum Gasteiger partial charge on any atom is -0.358 e. The van der Waals surface area contributed by atoms with Crippen molar-refractivity contribution in [3.05, 3.63) is 0 Å². The lowest BCUT2D eigenvalue weighted by Gasteiger charge is -2.33. The van der Waals surface area contributed by atoms with Gasteiger partial charge in [0.05, 0.1) is 5.75 Å². The van der Waals surface area contributed by atoms with Crippen molar-refractivity contribution in [2.45, 2.75) is 30.7 Å². The molecule has 0 aromatic carbocycles. The Hall–Kier alpha value is -0.730. The van der Waals surface area contributed by atoms with E-state index in [2.05, 4.69) is 12.0 Å². The minimum absolute atomic E-state index is 0.0711. The molecule has 0 bridgehead atoms. The highest BCUT2D eigenvalue weighted by atomic mass is 32.2. The summed E-state index contributed by atoms with van der Waals surface area (Å²) in [5, 5.41) is 8.37. The van der Waals surface area contributed by atoms with E-state index < -0.39 is 14.9 Å². The summed E-state index contributed by atoms with van der Waals surface area (Å²) in [4.78, 5) is 1.39. The Kier molecular flexibility index (Phi) is 2.20. The lowest BCUT2D eigenvalue weighted by atomic mass is 10.2. The van der Waals surface area contributed by atoms with Gasteiger partial charge in [-0.05, 0) is 12.8 Å². The van der Waals surface area contributed by atoms with Crippen LogP contribution in [0, 0.1) is 12.0 Å². The average Bonchev–Trinajstić information content (AvgIpc) is 2.44. The van der Waals surface area contributed by atoms with Gasteiger partial charge in [0.15, 0.2) is 9.84 Å². The summed E-state index contributed by atoms with van der Waals surface area (Å²) < 4.78 is 23.2. The van der Waals surface area contributed by atoms with Gasteiger partial charge in [-0.25, -0.2) is 8.42 Å². The molecule has 0 saturated carbocycles. The van der Waals surface area contributed by atoms with Gasteiger partial charge in [-0.2, -0.15) is 0 Å². The van der Waals surface area contributed by atoms with Crippen molar-refractivity contribution >= 4 is 9.84 Å². The van der Waals surface area contributed by atoms with Gasteiger partial charge in [0.1, 0.15) is 0 Å². The van der Waals surface area contributed by atoms with Crippen LogP contribution in [0.2, 0.25) is 0 Å². The molecule has 2 aliphatic rings. The number of hydrogen-bond donors (Lipinski definition) is 1. The quantitative estimate of drug-likeness (QED) is 0.620. The Morgan fingerprint density at radius 2 is 2.14 bits per heavy atom. The van der Waals surface area contributed by atoms with Crippen molar-refractivity contribution < 1.29 is 13.5 Å². The van der Waals surface area contributed by atoms with Gasteiger partial charge >= 0.3 is 0 Å². The van der Waals surface area contributed by atoms with Crippen LogP contribution in [0.15, 0.2) is 0 Å². The van der Waals surface area contributed by atoms with Gasteiger partial charge in [-0.1, -0.05) is 5.92 Å². The first kappa shape index (κ1) is 9.81. The van der Waals surface area contributed by atoms with Crippen molar-refractivity contribution in [2.24, 2.45) is 0 Å². The lowest BCUT2D eigenvalue weighted by molar-refractivity contribution is -0.00180. The first-order valence-corrected chi connectivity index (χ1v) is 6.42. The van der Waals surface area contributed by atoms with E-state index in [4.69, 9.17) is 0 Å². The molecular formula is C9H13NO3S. The van der Waals surface area contributed by atoms with Gasteiger partial charge in [-0.15, -0.1) is 0 Å². The van der Waals surface area contributed by atoms with Gasteiger partial charge < -0.3 is 5.11 Å². The Bertz CT molecular complexity index is 392. The van der Waals surface area contributed by atoms with Crippen LogP contribution in [-0.2, 0) is 9.84 Å². The van der Waals surface area contributed by atoms with Crippen molar-refractivity contribution in [3.8, 4) is 12.0 Å². The largest absolute Gasteiger partial charge is 0.358 e. The highest BCUT2D eigenvalue weighted by Crippen LogP contribution is 2.33. The zero-order valence-electron chi connectivity index (χ0n) is 7.86. The molecule has 0 radical (unpaired) electrons. The number of rotatable bonds is 1. The van der Waals surface area contributed by atoms with Gasteiger partial charge in [-0.3, -0.25) is 4.90 Å². The summed E-state index contributed by atoms with van der Waals surface area (Å²) in [7, 11) is -3.41. The third-order valence-electron chi connectivity index (χ3n) is 2.73. The van der Waals surface area contributed by atoms with Crippen LogP contribution in [0.5, 0.6) is 0 Å². The summed E-state index contributed by atoms with van der Waals surface area (Å²) in [6.45, 7) is 0.544. The summed E-state index contributed by atoms with van der Waals surface area (Å²) in [6.07, 6.45) is 2.42. The molecule has 5 heteroatoms. The van der Waals surface area contributed by atoms with Crippen molar-refractivity contribution in [3.63, 3.8) is 0 Å². The molecule has 4 nitrogen and oxygen atoms in total. The summed E-state index contributed by atoms with van der Waals surface area (Å²) in [6, 6.07) is 2.71. The molecule has 78 valence electrons. The lowest BCUT2D eigenvalue weighted by Crippen LogP contribution is -2.50. The SMILES string of the molecule is O=S1(=O)CCCC1(O)N1C#CCCC1. The molecule has 2 rings (SSSR count). The Morgan fingerprint density at radius 3 is 2.64 bits per heavy atom. The van der Waals surface area contributed by atoms with E-state index in [1.807, 2.05) is 0 Å². The van der Waals surface area contributed by atoms with Crippen LogP contribution in [-0.4, -0.2) is 35.8 Å². The minimum atomic E-state index is -3.41. The third-order valence-corrected chi connectivity index (χ3v) is 4.98. The predicted molar refractivity (Wildman–Crippen MR) is 51.7 cm³/mol. The van der Waals surface area contributed by atoms with Crippen molar-refractivity contribution in [1.29, 1.82) is 0 Å². The molecule has 2 aliphatic heterocycles. The Balaban J connectivity index is 2.34. The van der Waals surface area contributed by atoms with Crippen LogP contribution in [0.1, 0.15) is 25.7 Å². The van der Waals surface area contributed by atoms with Gasteiger partial charge in [0.25, 0.3) is 0 Å². The molecule has 1 N–H and O–H groups in total. The maximum absolute atomic E-state index is 11.6. The molecule has 0 aromatic rings. The van der Waals surface area contributed by atoms with Crippen LogP contribution in [0.25, 0.3) is 0 Å². The molecule has 0 spiro atoms. The molecule has 1 saturated heterocycles. The Labute approximate surface area is 83.8 Å². The van der Waals surface area contributed by atoms with E-state index in [-0.39, 0.29) is 12.2 Å². The summed E-state index contributed by atoms with van der Waals surface area (Å²) in [5.41, 5.74) is 0. The second kappa shape index (κ2) is 3.14. The first-order chi connectivity index (χ1) is 6.56. The predicted octanol–water partition coefficient (Wildman–Crippen LogP) is -0.102. The topological polar surface area (TPSA) is 57.6 Å². The Morgan fingerprint density at radius 1 is 1.36 bits per heavy atom. The molecule has 1 atom stereocenters. The maximum atomic E-state index is 11.6. The van der Waals surface area contributed by atoms with E-state index in [0.717, 1.165) is 12.8 Å². The highest BCUT2D eigenvalue weighted by Gasteiger charge is 2.50. The first-order valence-electron chi connectivity index (χ1n) is 4.77. The summed E-state index contributed by atoms with van der Waals surface area (Å²) in [5.74, 6) is 2.90. The van der Waals surface area contributed by atoms with Crippen molar-refractivity contribution in [1.82, 2.24) is 4.90 Å². The number of hydrogen-bond acceptors (Lipinski definition) is 4. The molecule has 0 aromatic heterocycles.